The Morgan fingerprint density at radius 2 is 2.15 bits per heavy atom. The summed E-state index contributed by atoms with van der Waals surface area (Å²) in [5.41, 5.74) is 1.09. The fraction of sp³-hybridized carbons (Fsp3) is 0.200. The molecule has 0 aliphatic carbocycles. The summed E-state index contributed by atoms with van der Waals surface area (Å²) in [5.74, 6) is 0.864. The molecule has 0 aliphatic heterocycles. The molecule has 68 valence electrons. The van der Waals surface area contributed by atoms with Gasteiger partial charge in [0.25, 0.3) is 0 Å². The summed E-state index contributed by atoms with van der Waals surface area (Å²) < 4.78 is 6.28. The van der Waals surface area contributed by atoms with Gasteiger partial charge < -0.3 is 9.84 Å². The van der Waals surface area contributed by atoms with Gasteiger partial charge in [0.1, 0.15) is 5.75 Å². The zero-order valence-corrected chi connectivity index (χ0v) is 8.31. The Morgan fingerprint density at radius 1 is 1.38 bits per heavy atom. The van der Waals surface area contributed by atoms with Crippen molar-refractivity contribution in [2.75, 3.05) is 7.11 Å². The molecule has 1 aromatic carbocycles. The molecule has 1 aromatic heterocycles. The number of aromatic hydroxyl groups is 1. The van der Waals surface area contributed by atoms with Crippen molar-refractivity contribution in [1.82, 2.24) is 0 Å². The number of hydrogen-bond donors (Lipinski definition) is 1. The summed E-state index contributed by atoms with van der Waals surface area (Å²) in [6, 6.07) is 5.73. The lowest BCUT2D eigenvalue weighted by Crippen LogP contribution is -1.85. The molecule has 0 atom stereocenters. The molecule has 0 bridgehead atoms. The quantitative estimate of drug-likeness (QED) is 0.756. The Kier molecular flexibility index (Phi) is 1.88. The van der Waals surface area contributed by atoms with Crippen LogP contribution in [0, 0.1) is 6.92 Å². The third-order valence-corrected chi connectivity index (χ3v) is 2.98. The first kappa shape index (κ1) is 8.38. The normalized spacial score (nSPS) is 10.6. The number of benzene rings is 1. The highest BCUT2D eigenvalue weighted by atomic mass is 32.1. The summed E-state index contributed by atoms with van der Waals surface area (Å²) >= 11 is 1.35. The van der Waals surface area contributed by atoms with E-state index in [2.05, 4.69) is 0 Å². The molecule has 2 rings (SSSR count). The molecule has 0 saturated heterocycles. The van der Waals surface area contributed by atoms with E-state index in [9.17, 15) is 5.11 Å². The van der Waals surface area contributed by atoms with Crippen LogP contribution in [-0.2, 0) is 0 Å². The smallest absolute Gasteiger partial charge is 0.172 e. The lowest BCUT2D eigenvalue weighted by atomic mass is 10.2. The van der Waals surface area contributed by atoms with Crippen LogP contribution in [0.3, 0.4) is 0 Å². The number of aryl methyl sites for hydroxylation is 1. The maximum absolute atomic E-state index is 9.33. The first-order valence-electron chi connectivity index (χ1n) is 3.98. The Labute approximate surface area is 80.4 Å². The van der Waals surface area contributed by atoms with Crippen molar-refractivity contribution < 1.29 is 9.84 Å². The second-order valence-corrected chi connectivity index (χ2v) is 3.95. The number of methoxy groups -OCH3 is 1. The van der Waals surface area contributed by atoms with Gasteiger partial charge in [0.05, 0.1) is 11.8 Å². The SMILES string of the molecule is COc1c(C)ccc2cc(O)sc12. The molecule has 0 fully saturated rings. The number of ether oxygens (including phenoxy) is 1. The molecule has 0 amide bonds. The van der Waals surface area contributed by atoms with Gasteiger partial charge in [-0.05, 0) is 18.6 Å². The Balaban J connectivity index is 2.82. The molecule has 3 heteroatoms. The van der Waals surface area contributed by atoms with E-state index >= 15 is 0 Å². The molecule has 0 spiro atoms. The van der Waals surface area contributed by atoms with Crippen LogP contribution in [0.2, 0.25) is 0 Å². The van der Waals surface area contributed by atoms with Crippen LogP contribution < -0.4 is 4.74 Å². The van der Waals surface area contributed by atoms with Crippen molar-refractivity contribution in [2.24, 2.45) is 0 Å². The zero-order chi connectivity index (χ0) is 9.42. The minimum atomic E-state index is 0.332. The highest BCUT2D eigenvalue weighted by Crippen LogP contribution is 2.38. The number of rotatable bonds is 1. The van der Waals surface area contributed by atoms with Crippen LogP contribution in [0.25, 0.3) is 10.1 Å². The van der Waals surface area contributed by atoms with Crippen molar-refractivity contribution in [2.45, 2.75) is 6.92 Å². The van der Waals surface area contributed by atoms with E-state index in [4.69, 9.17) is 4.74 Å². The number of thiophene rings is 1. The second-order valence-electron chi connectivity index (χ2n) is 2.92. The molecule has 0 aliphatic rings. The molecular weight excluding hydrogens is 184 g/mol. The molecule has 2 aromatic rings. The zero-order valence-electron chi connectivity index (χ0n) is 7.50. The third-order valence-electron chi connectivity index (χ3n) is 2.03. The maximum Gasteiger partial charge on any atom is 0.172 e. The molecular formula is C10H10O2S. The van der Waals surface area contributed by atoms with Crippen molar-refractivity contribution in [3.05, 3.63) is 23.8 Å². The van der Waals surface area contributed by atoms with Crippen LogP contribution in [0.15, 0.2) is 18.2 Å². The number of hydrogen-bond acceptors (Lipinski definition) is 3. The molecule has 2 nitrogen and oxygen atoms in total. The summed E-state index contributed by atoms with van der Waals surface area (Å²) in [6.07, 6.45) is 0. The average Bonchev–Trinajstić information content (AvgIpc) is 2.45. The van der Waals surface area contributed by atoms with E-state index in [1.54, 1.807) is 13.2 Å². The first-order valence-corrected chi connectivity index (χ1v) is 4.80. The van der Waals surface area contributed by atoms with E-state index in [-0.39, 0.29) is 0 Å². The Hall–Kier alpha value is -1.22. The van der Waals surface area contributed by atoms with Gasteiger partial charge in [0.15, 0.2) is 5.06 Å². The van der Waals surface area contributed by atoms with Crippen molar-refractivity contribution in [1.29, 1.82) is 0 Å². The van der Waals surface area contributed by atoms with Crippen LogP contribution in [-0.4, -0.2) is 12.2 Å². The highest BCUT2D eigenvalue weighted by Gasteiger charge is 2.08. The van der Waals surface area contributed by atoms with E-state index < -0.39 is 0 Å². The standard InChI is InChI=1S/C10H10O2S/c1-6-3-4-7-5-8(11)13-10(7)9(6)12-2/h3-5,11H,1-2H3. The van der Waals surface area contributed by atoms with Gasteiger partial charge >= 0.3 is 0 Å². The van der Waals surface area contributed by atoms with Crippen LogP contribution in [0.1, 0.15) is 5.56 Å². The summed E-state index contributed by atoms with van der Waals surface area (Å²) in [6.45, 7) is 2.00. The topological polar surface area (TPSA) is 29.5 Å². The van der Waals surface area contributed by atoms with Gasteiger partial charge in [-0.25, -0.2) is 0 Å². The Bertz CT molecular complexity index is 445. The van der Waals surface area contributed by atoms with Crippen molar-refractivity contribution >= 4 is 21.4 Å². The van der Waals surface area contributed by atoms with Gasteiger partial charge in [-0.3, -0.25) is 0 Å². The lowest BCUT2D eigenvalue weighted by molar-refractivity contribution is 0.417. The largest absolute Gasteiger partial charge is 0.499 e. The predicted molar refractivity (Wildman–Crippen MR) is 54.8 cm³/mol. The minimum absolute atomic E-state index is 0.332. The van der Waals surface area contributed by atoms with E-state index in [0.29, 0.717) is 5.06 Å². The highest BCUT2D eigenvalue weighted by molar-refractivity contribution is 7.21. The molecule has 0 unspecified atom stereocenters. The van der Waals surface area contributed by atoms with E-state index in [1.807, 2.05) is 19.1 Å². The minimum Gasteiger partial charge on any atom is -0.499 e. The van der Waals surface area contributed by atoms with Crippen molar-refractivity contribution in [3.63, 3.8) is 0 Å². The van der Waals surface area contributed by atoms with Crippen LogP contribution in [0.5, 0.6) is 10.8 Å². The van der Waals surface area contributed by atoms with E-state index in [1.165, 1.54) is 11.3 Å². The monoisotopic (exact) mass is 194 g/mol. The van der Waals surface area contributed by atoms with Gasteiger partial charge in [-0.15, -0.1) is 0 Å². The van der Waals surface area contributed by atoms with Gasteiger partial charge in [-0.1, -0.05) is 23.5 Å². The van der Waals surface area contributed by atoms with Crippen molar-refractivity contribution in [3.8, 4) is 10.8 Å². The molecule has 0 saturated carbocycles. The van der Waals surface area contributed by atoms with E-state index in [0.717, 1.165) is 21.4 Å². The van der Waals surface area contributed by atoms with Crippen LogP contribution in [0.4, 0.5) is 0 Å². The molecule has 13 heavy (non-hydrogen) atoms. The maximum atomic E-state index is 9.33. The summed E-state index contributed by atoms with van der Waals surface area (Å²) in [7, 11) is 1.65. The second kappa shape index (κ2) is 2.92. The first-order chi connectivity index (χ1) is 6.22. The summed E-state index contributed by atoms with van der Waals surface area (Å²) in [5, 5.41) is 10.7. The lowest BCUT2D eigenvalue weighted by Gasteiger charge is -2.04. The third kappa shape index (κ3) is 1.25. The molecule has 0 radical (unpaired) electrons. The fourth-order valence-electron chi connectivity index (χ4n) is 1.42. The summed E-state index contributed by atoms with van der Waals surface area (Å²) in [4.78, 5) is 0. The predicted octanol–water partition coefficient (Wildman–Crippen LogP) is 2.92. The average molecular weight is 194 g/mol. The molecule has 1 heterocycles. The Morgan fingerprint density at radius 3 is 2.85 bits per heavy atom. The van der Waals surface area contributed by atoms with Gasteiger partial charge in [0.2, 0.25) is 0 Å². The van der Waals surface area contributed by atoms with Gasteiger partial charge in [0, 0.05) is 5.39 Å². The van der Waals surface area contributed by atoms with Crippen LogP contribution >= 0.6 is 11.3 Å². The molecule has 1 N–H and O–H groups in total. The van der Waals surface area contributed by atoms with Gasteiger partial charge in [-0.2, -0.15) is 0 Å². The fourth-order valence-corrected chi connectivity index (χ4v) is 2.39. The number of fused-ring (bicyclic) bond motifs is 1.